The first kappa shape index (κ1) is 18.3. The summed E-state index contributed by atoms with van der Waals surface area (Å²) in [6, 6.07) is 5.17. The van der Waals surface area contributed by atoms with Crippen molar-refractivity contribution in [1.82, 2.24) is 19.8 Å². The molecule has 7 nitrogen and oxygen atoms in total. The number of fused-ring (bicyclic) bond motifs is 1. The lowest BCUT2D eigenvalue weighted by Gasteiger charge is -2.29. The number of aromatic amines is 1. The Labute approximate surface area is 161 Å². The van der Waals surface area contributed by atoms with E-state index in [1.165, 1.54) is 31.2 Å². The molecule has 0 aliphatic carbocycles. The first-order chi connectivity index (χ1) is 13.4. The molecule has 0 radical (unpaired) electrons. The lowest BCUT2D eigenvalue weighted by Crippen LogP contribution is -2.40. The summed E-state index contributed by atoms with van der Waals surface area (Å²) in [7, 11) is 0. The molecular formula is C20H21FN4O3. The monoisotopic (exact) mass is 384 g/mol. The van der Waals surface area contributed by atoms with Gasteiger partial charge in [0.25, 0.3) is 11.5 Å². The number of benzene rings is 1. The molecule has 8 heteroatoms. The quantitative estimate of drug-likeness (QED) is 0.855. The zero-order valence-electron chi connectivity index (χ0n) is 15.6. The number of rotatable bonds is 2. The number of aromatic nitrogens is 2. The first-order valence-electron chi connectivity index (χ1n) is 9.38. The van der Waals surface area contributed by atoms with Gasteiger partial charge in [-0.25, -0.2) is 9.37 Å². The summed E-state index contributed by atoms with van der Waals surface area (Å²) in [5.74, 6) is -0.151. The van der Waals surface area contributed by atoms with Gasteiger partial charge in [0, 0.05) is 32.0 Å². The number of halogens is 1. The van der Waals surface area contributed by atoms with Crippen molar-refractivity contribution in [2.75, 3.05) is 13.1 Å². The first-order valence-corrected chi connectivity index (χ1v) is 9.38. The fourth-order valence-corrected chi connectivity index (χ4v) is 3.98. The molecule has 1 saturated heterocycles. The molecular weight excluding hydrogens is 363 g/mol. The molecule has 0 saturated carbocycles. The van der Waals surface area contributed by atoms with Crippen LogP contribution in [0.3, 0.4) is 0 Å². The van der Waals surface area contributed by atoms with Gasteiger partial charge in [0.1, 0.15) is 11.6 Å². The maximum absolute atomic E-state index is 13.1. The summed E-state index contributed by atoms with van der Waals surface area (Å²) in [5.41, 5.74) is 1.26. The van der Waals surface area contributed by atoms with Gasteiger partial charge in [-0.3, -0.25) is 14.4 Å². The van der Waals surface area contributed by atoms with Gasteiger partial charge in [0.15, 0.2) is 0 Å². The average Bonchev–Trinajstić information content (AvgIpc) is 3.18. The van der Waals surface area contributed by atoms with Gasteiger partial charge in [-0.2, -0.15) is 0 Å². The van der Waals surface area contributed by atoms with Crippen LogP contribution in [-0.4, -0.2) is 44.7 Å². The summed E-state index contributed by atoms with van der Waals surface area (Å²) in [6.45, 7) is 2.78. The van der Waals surface area contributed by atoms with Crippen molar-refractivity contribution in [1.29, 1.82) is 0 Å². The van der Waals surface area contributed by atoms with E-state index < -0.39 is 5.82 Å². The van der Waals surface area contributed by atoms with Crippen molar-refractivity contribution in [2.45, 2.75) is 38.8 Å². The molecule has 1 aromatic heterocycles. The summed E-state index contributed by atoms with van der Waals surface area (Å²) in [4.78, 5) is 47.9. The second kappa shape index (κ2) is 7.18. The van der Waals surface area contributed by atoms with Crippen molar-refractivity contribution in [3.63, 3.8) is 0 Å². The van der Waals surface area contributed by atoms with Crippen LogP contribution in [0.1, 0.15) is 53.2 Å². The smallest absolute Gasteiger partial charge is 0.256 e. The molecule has 1 N–H and O–H groups in total. The Morgan fingerprint density at radius 1 is 1.21 bits per heavy atom. The summed E-state index contributed by atoms with van der Waals surface area (Å²) < 4.78 is 13.1. The fraction of sp³-hybridized carbons (Fsp3) is 0.400. The van der Waals surface area contributed by atoms with Gasteiger partial charge in [0.2, 0.25) is 5.91 Å². The lowest BCUT2D eigenvalue weighted by atomic mass is 10.0. The van der Waals surface area contributed by atoms with E-state index >= 15 is 0 Å². The number of carbonyl (C=O) groups is 2. The molecule has 1 atom stereocenters. The van der Waals surface area contributed by atoms with E-state index in [0.29, 0.717) is 42.2 Å². The minimum absolute atomic E-state index is 0.0288. The molecule has 28 heavy (non-hydrogen) atoms. The Balaban J connectivity index is 1.58. The molecule has 2 aliphatic heterocycles. The molecule has 1 aromatic carbocycles. The number of H-pyrrole nitrogens is 1. The van der Waals surface area contributed by atoms with E-state index in [9.17, 15) is 18.8 Å². The summed E-state index contributed by atoms with van der Waals surface area (Å²) in [5, 5.41) is 0. The van der Waals surface area contributed by atoms with Crippen LogP contribution in [0.4, 0.5) is 4.39 Å². The second-order valence-electron chi connectivity index (χ2n) is 7.23. The van der Waals surface area contributed by atoms with Crippen molar-refractivity contribution in [3.05, 3.63) is 63.1 Å². The molecule has 0 unspecified atom stereocenters. The third kappa shape index (κ3) is 3.30. The normalized spacial score (nSPS) is 18.9. The van der Waals surface area contributed by atoms with Crippen LogP contribution in [0.5, 0.6) is 0 Å². The van der Waals surface area contributed by atoms with Crippen LogP contribution in [0.15, 0.2) is 29.1 Å². The Hall–Kier alpha value is -3.03. The van der Waals surface area contributed by atoms with E-state index in [0.717, 1.165) is 12.8 Å². The highest BCUT2D eigenvalue weighted by atomic mass is 19.1. The highest BCUT2D eigenvalue weighted by molar-refractivity contribution is 5.94. The fourth-order valence-electron chi connectivity index (χ4n) is 3.98. The SMILES string of the molecule is CC(=O)N1CCC[C@H]1c1nc2c(c(=O)[nH]1)CN(C(=O)c1ccc(F)cc1)CC2. The van der Waals surface area contributed by atoms with Gasteiger partial charge in [-0.15, -0.1) is 0 Å². The van der Waals surface area contributed by atoms with Crippen LogP contribution in [0.25, 0.3) is 0 Å². The maximum atomic E-state index is 13.1. The van der Waals surface area contributed by atoms with E-state index in [1.807, 2.05) is 0 Å². The Kier molecular flexibility index (Phi) is 4.70. The number of likely N-dealkylation sites (tertiary alicyclic amines) is 1. The topological polar surface area (TPSA) is 86.4 Å². The van der Waals surface area contributed by atoms with Gasteiger partial charge in [-0.1, -0.05) is 0 Å². The molecule has 1 fully saturated rings. The maximum Gasteiger partial charge on any atom is 0.256 e. The Bertz CT molecular complexity index is 986. The largest absolute Gasteiger partial charge is 0.334 e. The molecule has 4 rings (SSSR count). The molecule has 3 heterocycles. The number of hydrogen-bond acceptors (Lipinski definition) is 4. The number of carbonyl (C=O) groups excluding carboxylic acids is 2. The van der Waals surface area contributed by atoms with E-state index in [2.05, 4.69) is 9.97 Å². The van der Waals surface area contributed by atoms with E-state index in [1.54, 1.807) is 9.80 Å². The van der Waals surface area contributed by atoms with Crippen LogP contribution >= 0.6 is 0 Å². The predicted molar refractivity (Wildman–Crippen MR) is 99.1 cm³/mol. The minimum Gasteiger partial charge on any atom is -0.334 e. The average molecular weight is 384 g/mol. The molecule has 2 aliphatic rings. The van der Waals surface area contributed by atoms with Crippen molar-refractivity contribution in [3.8, 4) is 0 Å². The molecule has 146 valence electrons. The molecule has 0 bridgehead atoms. The number of amides is 2. The zero-order chi connectivity index (χ0) is 19.8. The number of hydrogen-bond donors (Lipinski definition) is 1. The summed E-state index contributed by atoms with van der Waals surface area (Å²) >= 11 is 0. The van der Waals surface area contributed by atoms with Crippen LogP contribution in [-0.2, 0) is 17.8 Å². The third-order valence-electron chi connectivity index (χ3n) is 5.44. The van der Waals surface area contributed by atoms with Crippen LogP contribution in [0, 0.1) is 5.82 Å². The number of nitrogens with one attached hydrogen (secondary N) is 1. The predicted octanol–water partition coefficient (Wildman–Crippen LogP) is 1.79. The second-order valence-corrected chi connectivity index (χ2v) is 7.23. The van der Waals surface area contributed by atoms with Gasteiger partial charge in [0.05, 0.1) is 23.8 Å². The van der Waals surface area contributed by atoms with Crippen LogP contribution in [0.2, 0.25) is 0 Å². The minimum atomic E-state index is -0.403. The Morgan fingerprint density at radius 3 is 2.68 bits per heavy atom. The molecule has 2 aromatic rings. The molecule has 2 amide bonds. The van der Waals surface area contributed by atoms with Crippen molar-refractivity contribution in [2.24, 2.45) is 0 Å². The van der Waals surface area contributed by atoms with E-state index in [-0.39, 0.29) is 30.0 Å². The number of nitrogens with zero attached hydrogens (tertiary/aromatic N) is 3. The van der Waals surface area contributed by atoms with Crippen LogP contribution < -0.4 is 5.56 Å². The highest BCUT2D eigenvalue weighted by Gasteiger charge is 2.32. The van der Waals surface area contributed by atoms with E-state index in [4.69, 9.17) is 0 Å². The van der Waals surface area contributed by atoms with Gasteiger partial charge >= 0.3 is 0 Å². The summed E-state index contributed by atoms with van der Waals surface area (Å²) in [6.07, 6.45) is 2.12. The van der Waals surface area contributed by atoms with Crippen molar-refractivity contribution < 1.29 is 14.0 Å². The third-order valence-corrected chi connectivity index (χ3v) is 5.44. The van der Waals surface area contributed by atoms with Gasteiger partial charge < -0.3 is 14.8 Å². The lowest BCUT2D eigenvalue weighted by molar-refractivity contribution is -0.129. The Morgan fingerprint density at radius 2 is 1.96 bits per heavy atom. The van der Waals surface area contributed by atoms with Crippen molar-refractivity contribution >= 4 is 11.8 Å². The van der Waals surface area contributed by atoms with Gasteiger partial charge in [-0.05, 0) is 37.1 Å². The standard InChI is InChI=1S/C20H21FN4O3/c1-12(26)25-9-2-3-17(25)18-22-16-8-10-24(11-15(16)19(27)23-18)20(28)13-4-6-14(21)7-5-13/h4-7,17H,2-3,8-11H2,1H3,(H,22,23,27)/t17-/m0/s1. The zero-order valence-corrected chi connectivity index (χ0v) is 15.6. The highest BCUT2D eigenvalue weighted by Crippen LogP contribution is 2.30. The molecule has 0 spiro atoms.